The second-order valence-corrected chi connectivity index (χ2v) is 12.7. The Bertz CT molecular complexity index is 1420. The van der Waals surface area contributed by atoms with Crippen LogP contribution >= 0.6 is 0 Å². The van der Waals surface area contributed by atoms with Gasteiger partial charge < -0.3 is 20.3 Å². The average molecular weight is 572 g/mol. The van der Waals surface area contributed by atoms with E-state index in [1.165, 1.54) is 0 Å². The number of aryl methyl sites for hydroxylation is 2. The first kappa shape index (κ1) is 31.1. The summed E-state index contributed by atoms with van der Waals surface area (Å²) in [6.07, 6.45) is 2.61. The molecule has 0 saturated heterocycles. The molecular formula is C35H45N3O4. The van der Waals surface area contributed by atoms with Gasteiger partial charge in [0.1, 0.15) is 17.7 Å². The average Bonchev–Trinajstić information content (AvgIpc) is 2.88. The van der Waals surface area contributed by atoms with Gasteiger partial charge in [0, 0.05) is 11.7 Å². The van der Waals surface area contributed by atoms with Crippen molar-refractivity contribution in [3.63, 3.8) is 0 Å². The molecule has 1 saturated carbocycles. The van der Waals surface area contributed by atoms with Crippen molar-refractivity contribution >= 4 is 34.4 Å². The van der Waals surface area contributed by atoms with E-state index in [1.807, 2.05) is 82.3 Å². The van der Waals surface area contributed by atoms with Crippen molar-refractivity contribution in [2.24, 2.45) is 5.92 Å². The number of benzene rings is 3. The highest BCUT2D eigenvalue weighted by Crippen LogP contribution is 2.36. The molecule has 0 aliphatic heterocycles. The van der Waals surface area contributed by atoms with Gasteiger partial charge in [-0.05, 0) is 88.3 Å². The smallest absolute Gasteiger partial charge is 0.408 e. The van der Waals surface area contributed by atoms with Crippen molar-refractivity contribution in [3.8, 4) is 0 Å². The zero-order chi connectivity index (χ0) is 30.6. The second kappa shape index (κ2) is 13.0. The number of hydrogen-bond donors (Lipinski definition) is 2. The third kappa shape index (κ3) is 7.50. The van der Waals surface area contributed by atoms with E-state index in [0.29, 0.717) is 12.1 Å². The van der Waals surface area contributed by atoms with Crippen LogP contribution in [0.1, 0.15) is 83.0 Å². The van der Waals surface area contributed by atoms with Crippen molar-refractivity contribution in [2.45, 2.75) is 97.9 Å². The molecule has 1 aliphatic rings. The fourth-order valence-electron chi connectivity index (χ4n) is 5.54. The molecule has 42 heavy (non-hydrogen) atoms. The minimum Gasteiger partial charge on any atom is -0.444 e. The second-order valence-electron chi connectivity index (χ2n) is 12.7. The summed E-state index contributed by atoms with van der Waals surface area (Å²) >= 11 is 0. The number of nitrogens with zero attached hydrogens (tertiary/aromatic N) is 1. The van der Waals surface area contributed by atoms with Gasteiger partial charge in [0.05, 0.1) is 0 Å². The van der Waals surface area contributed by atoms with E-state index in [1.54, 1.807) is 25.7 Å². The molecule has 0 heterocycles. The van der Waals surface area contributed by atoms with Gasteiger partial charge in [-0.1, -0.05) is 79.9 Å². The summed E-state index contributed by atoms with van der Waals surface area (Å²) in [6.45, 7) is 13.3. The van der Waals surface area contributed by atoms with Crippen LogP contribution in [0.5, 0.6) is 0 Å². The lowest BCUT2D eigenvalue weighted by molar-refractivity contribution is -0.147. The number of fused-ring (bicyclic) bond motifs is 1. The molecule has 0 radical (unpaired) electrons. The van der Waals surface area contributed by atoms with Gasteiger partial charge >= 0.3 is 6.09 Å². The van der Waals surface area contributed by atoms with Gasteiger partial charge in [0.25, 0.3) is 5.91 Å². The maximum Gasteiger partial charge on any atom is 0.408 e. The Morgan fingerprint density at radius 1 is 0.952 bits per heavy atom. The minimum absolute atomic E-state index is 0.113. The van der Waals surface area contributed by atoms with Crippen LogP contribution in [0.4, 0.5) is 10.5 Å². The molecule has 3 unspecified atom stereocenters. The van der Waals surface area contributed by atoms with E-state index in [4.69, 9.17) is 4.74 Å². The van der Waals surface area contributed by atoms with Crippen molar-refractivity contribution in [1.82, 2.24) is 10.2 Å². The third-order valence-electron chi connectivity index (χ3n) is 7.98. The molecule has 224 valence electrons. The van der Waals surface area contributed by atoms with Crippen LogP contribution in [0.2, 0.25) is 0 Å². The molecule has 3 aromatic carbocycles. The van der Waals surface area contributed by atoms with Gasteiger partial charge in [-0.3, -0.25) is 9.59 Å². The van der Waals surface area contributed by atoms with Crippen LogP contribution in [-0.4, -0.2) is 40.5 Å². The number of amides is 3. The minimum atomic E-state index is -0.875. The predicted octanol–water partition coefficient (Wildman–Crippen LogP) is 7.46. The molecule has 4 rings (SSSR count). The van der Waals surface area contributed by atoms with Crippen LogP contribution in [0.15, 0.2) is 60.7 Å². The summed E-state index contributed by atoms with van der Waals surface area (Å²) in [5, 5.41) is 8.08. The van der Waals surface area contributed by atoms with Crippen molar-refractivity contribution < 1.29 is 19.1 Å². The first-order valence-corrected chi connectivity index (χ1v) is 15.1. The number of anilines is 1. The molecule has 7 heteroatoms. The summed E-state index contributed by atoms with van der Waals surface area (Å²) in [5.41, 5.74) is 2.74. The monoisotopic (exact) mass is 571 g/mol. The summed E-state index contributed by atoms with van der Waals surface area (Å²) in [4.78, 5) is 43.5. The molecule has 3 aromatic rings. The standard InChI is InChI=1S/C35H45N3O4/c1-8-24(4)30(37-34(41)42-35(5,6)7)33(40)38(29-14-11-15-29)31(27-19-22(2)18-23(3)20-27)32(39)36-28-17-16-25-12-9-10-13-26(25)21-28/h9-10,12-13,16-21,24,29-31H,8,11,14-15H2,1-7H3,(H,36,39)(H,37,41). The Balaban J connectivity index is 1.75. The maximum absolute atomic E-state index is 14.6. The SMILES string of the molecule is CCC(C)C(NC(=O)OC(C)(C)C)C(=O)N(C1CCC1)C(C(=O)Nc1ccc2ccccc2c1)c1cc(C)cc(C)c1. The fourth-order valence-corrected chi connectivity index (χ4v) is 5.54. The number of ether oxygens (including phenoxy) is 1. The molecule has 7 nitrogen and oxygen atoms in total. The van der Waals surface area contributed by atoms with Gasteiger partial charge in [-0.2, -0.15) is 0 Å². The van der Waals surface area contributed by atoms with E-state index in [9.17, 15) is 14.4 Å². The van der Waals surface area contributed by atoms with Gasteiger partial charge in [-0.15, -0.1) is 0 Å². The first-order chi connectivity index (χ1) is 19.9. The van der Waals surface area contributed by atoms with Crippen LogP contribution < -0.4 is 10.6 Å². The maximum atomic E-state index is 14.6. The van der Waals surface area contributed by atoms with Crippen LogP contribution in [0.25, 0.3) is 10.8 Å². The van der Waals surface area contributed by atoms with E-state index in [-0.39, 0.29) is 23.8 Å². The van der Waals surface area contributed by atoms with Gasteiger partial charge in [0.2, 0.25) is 5.91 Å². The van der Waals surface area contributed by atoms with Crippen molar-refractivity contribution in [2.75, 3.05) is 5.32 Å². The summed E-state index contributed by atoms with van der Waals surface area (Å²) in [5.74, 6) is -0.718. The van der Waals surface area contributed by atoms with E-state index in [0.717, 1.165) is 46.7 Å². The lowest BCUT2D eigenvalue weighted by atomic mass is 9.86. The van der Waals surface area contributed by atoms with Crippen molar-refractivity contribution in [3.05, 3.63) is 77.4 Å². The van der Waals surface area contributed by atoms with E-state index in [2.05, 4.69) is 16.7 Å². The molecule has 0 spiro atoms. The number of carbonyl (C=O) groups excluding carboxylic acids is 3. The number of rotatable bonds is 9. The molecule has 0 aromatic heterocycles. The molecule has 3 amide bonds. The summed E-state index contributed by atoms with van der Waals surface area (Å²) in [7, 11) is 0. The van der Waals surface area contributed by atoms with E-state index < -0.39 is 23.8 Å². The largest absolute Gasteiger partial charge is 0.444 e. The molecule has 1 aliphatic carbocycles. The molecular weight excluding hydrogens is 526 g/mol. The Hall–Kier alpha value is -3.87. The number of carbonyl (C=O) groups is 3. The predicted molar refractivity (Wildman–Crippen MR) is 168 cm³/mol. The topological polar surface area (TPSA) is 87.7 Å². The Labute approximate surface area is 250 Å². The number of hydrogen-bond acceptors (Lipinski definition) is 4. The van der Waals surface area contributed by atoms with Gasteiger partial charge in [-0.25, -0.2) is 4.79 Å². The summed E-state index contributed by atoms with van der Waals surface area (Å²) < 4.78 is 5.53. The van der Waals surface area contributed by atoms with Gasteiger partial charge in [0.15, 0.2) is 0 Å². The Kier molecular flexibility index (Phi) is 9.60. The summed E-state index contributed by atoms with van der Waals surface area (Å²) in [6, 6.07) is 18.0. The van der Waals surface area contributed by atoms with Crippen molar-refractivity contribution in [1.29, 1.82) is 0 Å². The zero-order valence-electron chi connectivity index (χ0n) is 26.0. The van der Waals surface area contributed by atoms with Crippen LogP contribution in [0, 0.1) is 19.8 Å². The lowest BCUT2D eigenvalue weighted by Crippen LogP contribution is -2.58. The molecule has 1 fully saturated rings. The molecule has 2 N–H and O–H groups in total. The number of alkyl carbamates (subject to hydrolysis) is 1. The molecule has 0 bridgehead atoms. The lowest BCUT2D eigenvalue weighted by Gasteiger charge is -2.44. The molecule has 3 atom stereocenters. The van der Waals surface area contributed by atoms with E-state index >= 15 is 0 Å². The normalized spacial score (nSPS) is 15.7. The Morgan fingerprint density at radius 2 is 1.60 bits per heavy atom. The quantitative estimate of drug-likeness (QED) is 0.279. The van der Waals surface area contributed by atoms with Crippen LogP contribution in [0.3, 0.4) is 0 Å². The fraction of sp³-hybridized carbons (Fsp3) is 0.457. The number of nitrogens with one attached hydrogen (secondary N) is 2. The highest BCUT2D eigenvalue weighted by molar-refractivity contribution is 6.00. The highest BCUT2D eigenvalue weighted by atomic mass is 16.6. The highest BCUT2D eigenvalue weighted by Gasteiger charge is 2.43. The third-order valence-corrected chi connectivity index (χ3v) is 7.98. The Morgan fingerprint density at radius 3 is 2.17 bits per heavy atom. The first-order valence-electron chi connectivity index (χ1n) is 15.1. The zero-order valence-corrected chi connectivity index (χ0v) is 26.0. The van der Waals surface area contributed by atoms with Crippen LogP contribution in [-0.2, 0) is 14.3 Å².